The molecule has 3 fully saturated rings. The van der Waals surface area contributed by atoms with Gasteiger partial charge in [0, 0.05) is 51.3 Å². The molecule has 3 saturated heterocycles. The molecule has 3 aliphatic rings. The third-order valence-corrected chi connectivity index (χ3v) is 5.28. The molecular weight excluding hydrogens is 296 g/mol. The first-order valence-corrected chi connectivity index (χ1v) is 8.26. The molecule has 0 radical (unpaired) electrons. The molecular formula is C16H22N4O3. The smallest absolute Gasteiger partial charge is 0.251 e. The first kappa shape index (κ1) is 14.7. The van der Waals surface area contributed by atoms with Crippen molar-refractivity contribution in [2.75, 3.05) is 31.1 Å². The number of anilines is 1. The van der Waals surface area contributed by atoms with Crippen LogP contribution >= 0.6 is 0 Å². The van der Waals surface area contributed by atoms with Crippen LogP contribution in [0.3, 0.4) is 0 Å². The van der Waals surface area contributed by atoms with Crippen molar-refractivity contribution in [1.29, 1.82) is 0 Å². The lowest BCUT2D eigenvalue weighted by Crippen LogP contribution is -2.39. The fourth-order valence-corrected chi connectivity index (χ4v) is 4.05. The van der Waals surface area contributed by atoms with Crippen LogP contribution in [0.2, 0.25) is 0 Å². The number of hydrogen-bond acceptors (Lipinski definition) is 4. The summed E-state index contributed by atoms with van der Waals surface area (Å²) in [5, 5.41) is 4.15. The Labute approximate surface area is 135 Å². The van der Waals surface area contributed by atoms with Gasteiger partial charge in [-0.05, 0) is 19.3 Å². The van der Waals surface area contributed by atoms with Crippen LogP contribution in [0.5, 0.6) is 0 Å². The molecule has 0 aliphatic carbocycles. The average molecular weight is 318 g/mol. The molecule has 0 aromatic carbocycles. The fraction of sp³-hybridized carbons (Fsp3) is 0.688. The third-order valence-electron chi connectivity index (χ3n) is 5.28. The average Bonchev–Trinajstić information content (AvgIpc) is 3.28. The second-order valence-corrected chi connectivity index (χ2v) is 7.04. The first-order chi connectivity index (χ1) is 11.1. The monoisotopic (exact) mass is 318 g/mol. The van der Waals surface area contributed by atoms with Gasteiger partial charge in [0.15, 0.2) is 0 Å². The van der Waals surface area contributed by atoms with E-state index in [1.807, 2.05) is 23.0 Å². The van der Waals surface area contributed by atoms with Crippen LogP contribution in [0.1, 0.15) is 25.7 Å². The highest BCUT2D eigenvalue weighted by Crippen LogP contribution is 2.42. The lowest BCUT2D eigenvalue weighted by molar-refractivity contribution is -0.140. The zero-order chi connectivity index (χ0) is 16.0. The van der Waals surface area contributed by atoms with Gasteiger partial charge in [0.2, 0.25) is 5.91 Å². The van der Waals surface area contributed by atoms with Gasteiger partial charge in [0.25, 0.3) is 5.91 Å². The zero-order valence-electron chi connectivity index (χ0n) is 13.4. The predicted molar refractivity (Wildman–Crippen MR) is 82.8 cm³/mol. The Morgan fingerprint density at radius 3 is 3.00 bits per heavy atom. The lowest BCUT2D eigenvalue weighted by Gasteiger charge is -2.25. The van der Waals surface area contributed by atoms with Crippen LogP contribution in [0.4, 0.5) is 5.69 Å². The molecule has 1 spiro atoms. The van der Waals surface area contributed by atoms with Crippen molar-refractivity contribution in [2.45, 2.75) is 31.8 Å². The molecule has 3 aliphatic heterocycles. The zero-order valence-corrected chi connectivity index (χ0v) is 13.4. The van der Waals surface area contributed by atoms with E-state index in [0.29, 0.717) is 26.1 Å². The van der Waals surface area contributed by atoms with Gasteiger partial charge in [-0.25, -0.2) is 0 Å². The van der Waals surface area contributed by atoms with Gasteiger partial charge in [-0.15, -0.1) is 0 Å². The summed E-state index contributed by atoms with van der Waals surface area (Å²) in [6, 6.07) is 0. The van der Waals surface area contributed by atoms with E-state index in [-0.39, 0.29) is 23.3 Å². The number of carbonyl (C=O) groups excluding carboxylic acids is 2. The molecule has 7 heteroatoms. The molecule has 1 aromatic rings. The molecule has 124 valence electrons. The van der Waals surface area contributed by atoms with Gasteiger partial charge in [-0.1, -0.05) is 0 Å². The molecule has 7 nitrogen and oxygen atoms in total. The van der Waals surface area contributed by atoms with Crippen molar-refractivity contribution in [3.8, 4) is 0 Å². The second-order valence-electron chi connectivity index (χ2n) is 7.04. The van der Waals surface area contributed by atoms with E-state index in [1.165, 1.54) is 0 Å². The third kappa shape index (κ3) is 2.52. The van der Waals surface area contributed by atoms with Crippen LogP contribution in [0.15, 0.2) is 12.4 Å². The minimum absolute atomic E-state index is 0.103. The summed E-state index contributed by atoms with van der Waals surface area (Å²) >= 11 is 0. The number of aryl methyl sites for hydroxylation is 1. The summed E-state index contributed by atoms with van der Waals surface area (Å²) in [4.78, 5) is 28.7. The number of ether oxygens (including phenoxy) is 1. The van der Waals surface area contributed by atoms with Crippen molar-refractivity contribution < 1.29 is 14.3 Å². The Morgan fingerprint density at radius 1 is 1.43 bits per heavy atom. The van der Waals surface area contributed by atoms with Gasteiger partial charge in [-0.3, -0.25) is 14.3 Å². The van der Waals surface area contributed by atoms with Gasteiger partial charge in [-0.2, -0.15) is 5.10 Å². The normalized spacial score (nSPS) is 30.8. The van der Waals surface area contributed by atoms with E-state index in [4.69, 9.17) is 4.74 Å². The highest BCUT2D eigenvalue weighted by molar-refractivity contribution is 5.96. The second kappa shape index (κ2) is 5.33. The number of rotatable bonds is 2. The van der Waals surface area contributed by atoms with Crippen LogP contribution in [-0.2, 0) is 21.4 Å². The van der Waals surface area contributed by atoms with Crippen molar-refractivity contribution in [3.05, 3.63) is 12.4 Å². The number of amides is 2. The molecule has 2 atom stereocenters. The van der Waals surface area contributed by atoms with Gasteiger partial charge in [0.05, 0.1) is 11.9 Å². The number of aromatic nitrogens is 2. The predicted octanol–water partition coefficient (Wildman–Crippen LogP) is 0.554. The summed E-state index contributed by atoms with van der Waals surface area (Å²) in [6.07, 6.45) is 6.50. The number of carbonyl (C=O) groups is 2. The highest BCUT2D eigenvalue weighted by Gasteiger charge is 2.49. The molecule has 2 amide bonds. The summed E-state index contributed by atoms with van der Waals surface area (Å²) in [6.45, 7) is 2.75. The Morgan fingerprint density at radius 2 is 2.30 bits per heavy atom. The number of hydrogen-bond donors (Lipinski definition) is 0. The van der Waals surface area contributed by atoms with Crippen LogP contribution in [0.25, 0.3) is 0 Å². The Hall–Kier alpha value is -1.89. The molecule has 4 heterocycles. The lowest BCUT2D eigenvalue weighted by atomic mass is 9.86. The van der Waals surface area contributed by atoms with Gasteiger partial charge >= 0.3 is 0 Å². The fourth-order valence-electron chi connectivity index (χ4n) is 4.05. The van der Waals surface area contributed by atoms with Crippen LogP contribution < -0.4 is 4.90 Å². The summed E-state index contributed by atoms with van der Waals surface area (Å²) in [5.74, 6) is 0.232. The Balaban J connectivity index is 1.46. The van der Waals surface area contributed by atoms with E-state index in [1.54, 1.807) is 10.9 Å². The summed E-state index contributed by atoms with van der Waals surface area (Å²) in [7, 11) is 1.84. The number of likely N-dealkylation sites (tertiary alicyclic amines) is 1. The Bertz CT molecular complexity index is 637. The molecule has 1 aromatic heterocycles. The maximum absolute atomic E-state index is 12.5. The molecule has 23 heavy (non-hydrogen) atoms. The SMILES string of the molecule is Cn1cc(N2CC3(CCN(C(=O)[C@@H]4CCCO4)C3)CC2=O)cn1. The maximum atomic E-state index is 12.5. The van der Waals surface area contributed by atoms with Crippen molar-refractivity contribution in [1.82, 2.24) is 14.7 Å². The number of nitrogens with zero attached hydrogens (tertiary/aromatic N) is 4. The highest BCUT2D eigenvalue weighted by atomic mass is 16.5. The standard InChI is InChI=1S/C16H22N4O3/c1-18-9-12(8-17-18)20-11-16(7-14(20)21)4-5-19(10-16)15(22)13-3-2-6-23-13/h8-9,13H,2-7,10-11H2,1H3/t13-,16?/m0/s1. The molecule has 4 rings (SSSR count). The minimum Gasteiger partial charge on any atom is -0.368 e. The summed E-state index contributed by atoms with van der Waals surface area (Å²) in [5.41, 5.74) is 0.736. The van der Waals surface area contributed by atoms with E-state index in [0.717, 1.165) is 31.5 Å². The molecule has 0 bridgehead atoms. The van der Waals surface area contributed by atoms with Crippen molar-refractivity contribution >= 4 is 17.5 Å². The topological polar surface area (TPSA) is 67.7 Å². The van der Waals surface area contributed by atoms with E-state index in [9.17, 15) is 9.59 Å². The molecule has 1 unspecified atom stereocenters. The molecule has 0 saturated carbocycles. The van der Waals surface area contributed by atoms with Crippen molar-refractivity contribution in [3.63, 3.8) is 0 Å². The maximum Gasteiger partial charge on any atom is 0.251 e. The molecule has 0 N–H and O–H groups in total. The quantitative estimate of drug-likeness (QED) is 0.799. The van der Waals surface area contributed by atoms with Crippen LogP contribution in [0, 0.1) is 5.41 Å². The van der Waals surface area contributed by atoms with E-state index < -0.39 is 0 Å². The largest absolute Gasteiger partial charge is 0.368 e. The van der Waals surface area contributed by atoms with Gasteiger partial charge in [0.1, 0.15) is 6.10 Å². The van der Waals surface area contributed by atoms with Crippen LogP contribution in [-0.4, -0.2) is 58.8 Å². The summed E-state index contributed by atoms with van der Waals surface area (Å²) < 4.78 is 7.22. The van der Waals surface area contributed by atoms with Gasteiger partial charge < -0.3 is 14.5 Å². The van der Waals surface area contributed by atoms with E-state index >= 15 is 0 Å². The van der Waals surface area contributed by atoms with E-state index in [2.05, 4.69) is 5.10 Å². The first-order valence-electron chi connectivity index (χ1n) is 8.26. The van der Waals surface area contributed by atoms with Crippen molar-refractivity contribution in [2.24, 2.45) is 12.5 Å². The Kier molecular flexibility index (Phi) is 3.41. The minimum atomic E-state index is -0.267.